The topological polar surface area (TPSA) is 127 Å². The first-order valence-electron chi connectivity index (χ1n) is 4.26. The normalized spacial score (nSPS) is 13.1. The molecule has 0 aromatic carbocycles. The molecule has 0 radical (unpaired) electrons. The zero-order chi connectivity index (χ0) is 12.3. The van der Waals surface area contributed by atoms with Crippen LogP contribution < -0.4 is 10.5 Å². The molecule has 1 aromatic heterocycles. The zero-order valence-corrected chi connectivity index (χ0v) is 9.54. The van der Waals surface area contributed by atoms with Crippen LogP contribution in [0.5, 0.6) is 0 Å². The molecule has 1 aromatic rings. The molecule has 0 spiro atoms. The average Bonchev–Trinajstić information content (AvgIpc) is 2.61. The summed E-state index contributed by atoms with van der Waals surface area (Å²) in [6.07, 6.45) is 1.25. The van der Waals surface area contributed by atoms with Gasteiger partial charge < -0.3 is 10.5 Å². The van der Waals surface area contributed by atoms with Crippen LogP contribution in [0.3, 0.4) is 0 Å². The highest BCUT2D eigenvalue weighted by atomic mass is 32.2. The number of carbonyl (C=O) groups excluding carboxylic acids is 1. The number of rotatable bonds is 4. The van der Waals surface area contributed by atoms with Gasteiger partial charge in [0.15, 0.2) is 11.1 Å². The fourth-order valence-corrected chi connectivity index (χ4v) is 1.87. The Labute approximate surface area is 92.2 Å². The van der Waals surface area contributed by atoms with Gasteiger partial charge in [-0.25, -0.2) is 8.42 Å². The minimum absolute atomic E-state index is 0.0238. The molecule has 0 aliphatic rings. The molecule has 1 heterocycles. The van der Waals surface area contributed by atoms with Crippen LogP contribution in [0.1, 0.15) is 6.92 Å². The largest absolute Gasteiger partial charge is 0.468 e. The first-order valence-corrected chi connectivity index (χ1v) is 5.81. The third-order valence-corrected chi connectivity index (χ3v) is 3.52. The predicted octanol–water partition coefficient (Wildman–Crippen LogP) is -0.705. The van der Waals surface area contributed by atoms with E-state index in [2.05, 4.69) is 19.7 Å². The fourth-order valence-electron chi connectivity index (χ4n) is 0.901. The maximum Gasteiger partial charge on any atom is 0.325 e. The highest BCUT2D eigenvalue weighted by Gasteiger charge is 2.29. The van der Waals surface area contributed by atoms with Crippen molar-refractivity contribution in [3.05, 3.63) is 6.20 Å². The van der Waals surface area contributed by atoms with Crippen molar-refractivity contribution in [3.8, 4) is 0 Å². The summed E-state index contributed by atoms with van der Waals surface area (Å²) in [5, 5.41) is 4.56. The number of nitrogens with zero attached hydrogens (tertiary/aromatic N) is 1. The lowest BCUT2D eigenvalue weighted by Gasteiger charge is -2.11. The number of nitrogens with two attached hydrogens (primary N) is 1. The molecule has 0 amide bonds. The Hall–Kier alpha value is -1.77. The number of sulfonamides is 1. The van der Waals surface area contributed by atoms with Gasteiger partial charge in [-0.2, -0.15) is 5.10 Å². The quantitative estimate of drug-likeness (QED) is 0.604. The van der Waals surface area contributed by atoms with Crippen molar-refractivity contribution in [3.63, 3.8) is 0 Å². The summed E-state index contributed by atoms with van der Waals surface area (Å²) in [5.74, 6) is -0.832. The molecule has 0 aliphatic heterocycles. The van der Waals surface area contributed by atoms with Crippen molar-refractivity contribution >= 4 is 27.5 Å². The SMILES string of the molecule is COC(=O)C(C)S(=O)(=O)Nc1[nH]ncc1N. The van der Waals surface area contributed by atoms with Crippen molar-refractivity contribution in [2.45, 2.75) is 12.2 Å². The summed E-state index contributed by atoms with van der Waals surface area (Å²) < 4.78 is 29.7. The monoisotopic (exact) mass is 248 g/mol. The summed E-state index contributed by atoms with van der Waals surface area (Å²) in [6.45, 7) is 1.21. The Morgan fingerprint density at radius 2 is 2.31 bits per heavy atom. The molecule has 0 bridgehead atoms. The Bertz CT molecular complexity index is 480. The number of nitrogens with one attached hydrogen (secondary N) is 2. The second-order valence-corrected chi connectivity index (χ2v) is 5.01. The van der Waals surface area contributed by atoms with E-state index in [1.54, 1.807) is 0 Å². The van der Waals surface area contributed by atoms with Crippen LogP contribution in [-0.2, 0) is 19.6 Å². The van der Waals surface area contributed by atoms with Crippen molar-refractivity contribution in [1.82, 2.24) is 10.2 Å². The van der Waals surface area contributed by atoms with E-state index in [1.807, 2.05) is 0 Å². The number of aromatic nitrogens is 2. The number of esters is 1. The van der Waals surface area contributed by atoms with Crippen LogP contribution >= 0.6 is 0 Å². The molecule has 8 nitrogen and oxygen atoms in total. The number of ether oxygens (including phenoxy) is 1. The van der Waals surface area contributed by atoms with E-state index >= 15 is 0 Å². The van der Waals surface area contributed by atoms with Crippen molar-refractivity contribution in [1.29, 1.82) is 0 Å². The smallest absolute Gasteiger partial charge is 0.325 e. The number of aromatic amines is 1. The minimum Gasteiger partial charge on any atom is -0.468 e. The van der Waals surface area contributed by atoms with Gasteiger partial charge in [0.25, 0.3) is 0 Å². The van der Waals surface area contributed by atoms with Gasteiger partial charge in [-0.05, 0) is 6.92 Å². The number of hydrogen-bond acceptors (Lipinski definition) is 6. The number of nitrogen functional groups attached to an aromatic ring is 1. The van der Waals surface area contributed by atoms with E-state index < -0.39 is 21.2 Å². The molecule has 0 fully saturated rings. The van der Waals surface area contributed by atoms with Gasteiger partial charge in [-0.1, -0.05) is 0 Å². The Kier molecular flexibility index (Phi) is 3.38. The van der Waals surface area contributed by atoms with Crippen molar-refractivity contribution < 1.29 is 17.9 Å². The lowest BCUT2D eigenvalue weighted by Crippen LogP contribution is -2.33. The van der Waals surface area contributed by atoms with Gasteiger partial charge in [0, 0.05) is 0 Å². The maximum atomic E-state index is 11.6. The van der Waals surface area contributed by atoms with Crippen LogP contribution in [0.2, 0.25) is 0 Å². The Balaban J connectivity index is 2.88. The first-order chi connectivity index (χ1) is 7.38. The van der Waals surface area contributed by atoms with E-state index in [9.17, 15) is 13.2 Å². The predicted molar refractivity (Wildman–Crippen MR) is 57.0 cm³/mol. The summed E-state index contributed by atoms with van der Waals surface area (Å²) in [7, 11) is -2.78. The van der Waals surface area contributed by atoms with Crippen LogP contribution in [-0.4, -0.2) is 36.9 Å². The Morgan fingerprint density at radius 3 is 2.75 bits per heavy atom. The van der Waals surface area contributed by atoms with Gasteiger partial charge in [-0.3, -0.25) is 14.6 Å². The summed E-state index contributed by atoms with van der Waals surface area (Å²) in [6, 6.07) is 0. The lowest BCUT2D eigenvalue weighted by atomic mass is 10.5. The van der Waals surface area contributed by atoms with Crippen LogP contribution in [0.25, 0.3) is 0 Å². The van der Waals surface area contributed by atoms with Crippen molar-refractivity contribution in [2.75, 3.05) is 17.6 Å². The maximum absolute atomic E-state index is 11.6. The molecule has 1 rings (SSSR count). The highest BCUT2D eigenvalue weighted by Crippen LogP contribution is 2.16. The summed E-state index contributed by atoms with van der Waals surface area (Å²) in [5.41, 5.74) is 5.56. The summed E-state index contributed by atoms with van der Waals surface area (Å²) >= 11 is 0. The van der Waals surface area contributed by atoms with Crippen molar-refractivity contribution in [2.24, 2.45) is 0 Å². The van der Waals surface area contributed by atoms with Crippen LogP contribution in [0, 0.1) is 0 Å². The van der Waals surface area contributed by atoms with Gasteiger partial charge in [0.2, 0.25) is 10.0 Å². The third kappa shape index (κ3) is 2.42. The molecule has 4 N–H and O–H groups in total. The van der Waals surface area contributed by atoms with Gasteiger partial charge in [0.05, 0.1) is 19.0 Å². The van der Waals surface area contributed by atoms with E-state index in [0.29, 0.717) is 0 Å². The summed E-state index contributed by atoms with van der Waals surface area (Å²) in [4.78, 5) is 11.1. The van der Waals surface area contributed by atoms with E-state index in [1.165, 1.54) is 13.1 Å². The van der Waals surface area contributed by atoms with Gasteiger partial charge >= 0.3 is 5.97 Å². The number of H-pyrrole nitrogens is 1. The number of carbonyl (C=O) groups is 1. The molecular formula is C7H12N4O4S. The number of methoxy groups -OCH3 is 1. The zero-order valence-electron chi connectivity index (χ0n) is 8.72. The van der Waals surface area contributed by atoms with E-state index in [-0.39, 0.29) is 11.5 Å². The second-order valence-electron chi connectivity index (χ2n) is 3.01. The van der Waals surface area contributed by atoms with E-state index in [4.69, 9.17) is 5.73 Å². The third-order valence-electron chi connectivity index (χ3n) is 1.91. The van der Waals surface area contributed by atoms with Crippen LogP contribution in [0.15, 0.2) is 6.20 Å². The Morgan fingerprint density at radius 1 is 1.69 bits per heavy atom. The molecule has 1 unspecified atom stereocenters. The number of anilines is 2. The molecule has 0 aliphatic carbocycles. The molecule has 0 saturated carbocycles. The molecule has 9 heteroatoms. The van der Waals surface area contributed by atoms with Crippen LogP contribution in [0.4, 0.5) is 11.5 Å². The fraction of sp³-hybridized carbons (Fsp3) is 0.429. The van der Waals surface area contributed by atoms with E-state index in [0.717, 1.165) is 7.11 Å². The highest BCUT2D eigenvalue weighted by molar-refractivity contribution is 7.94. The molecule has 90 valence electrons. The molecule has 1 atom stereocenters. The van der Waals surface area contributed by atoms with Gasteiger partial charge in [0.1, 0.15) is 0 Å². The molecular weight excluding hydrogens is 236 g/mol. The first kappa shape index (κ1) is 12.3. The standard InChI is InChI=1S/C7H12N4O4S/c1-4(7(12)15-2)16(13,14)11-6-5(8)3-9-10-6/h3-4H,8H2,1-2H3,(H2,9,10,11). The average molecular weight is 248 g/mol. The second kappa shape index (κ2) is 4.39. The lowest BCUT2D eigenvalue weighted by molar-refractivity contribution is -0.139. The molecule has 16 heavy (non-hydrogen) atoms. The number of hydrogen-bond donors (Lipinski definition) is 3. The van der Waals surface area contributed by atoms with Gasteiger partial charge in [-0.15, -0.1) is 0 Å². The molecule has 0 saturated heterocycles. The minimum atomic E-state index is -3.89.